The molecule has 1 aromatic rings. The largest absolute Gasteiger partial charge is 0.359 e. The minimum Gasteiger partial charge on any atom is -0.359 e. The predicted octanol–water partition coefficient (Wildman–Crippen LogP) is 1.04. The maximum absolute atomic E-state index is 11.0. The van der Waals surface area contributed by atoms with Crippen LogP contribution in [0.3, 0.4) is 0 Å². The van der Waals surface area contributed by atoms with Gasteiger partial charge in [-0.15, -0.1) is 12.6 Å². The molecule has 0 bridgehead atoms. The third kappa shape index (κ3) is 2.23. The molecule has 11 heavy (non-hydrogen) atoms. The number of hydrogen-bond donors (Lipinski definition) is 2. The highest BCUT2D eigenvalue weighted by Crippen LogP contribution is 2.01. The van der Waals surface area contributed by atoms with Crippen LogP contribution >= 0.6 is 12.6 Å². The number of Topliss-reactive ketones (excluding diaryl/α,β-unsaturated/α-hetero) is 1. The predicted molar refractivity (Wildman–Crippen MR) is 43.7 cm³/mol. The molecule has 4 heteroatoms. The van der Waals surface area contributed by atoms with E-state index in [4.69, 9.17) is 0 Å². The SMILES string of the molecule is O=C(S)CC(=O)c1ccc[nH]1. The molecule has 0 aliphatic carbocycles. The first kappa shape index (κ1) is 8.07. The summed E-state index contributed by atoms with van der Waals surface area (Å²) in [7, 11) is 0. The second-order valence-corrected chi connectivity index (χ2v) is 2.58. The van der Waals surface area contributed by atoms with Gasteiger partial charge < -0.3 is 4.98 Å². The summed E-state index contributed by atoms with van der Waals surface area (Å²) in [6.07, 6.45) is 1.49. The maximum atomic E-state index is 11.0. The molecule has 58 valence electrons. The van der Waals surface area contributed by atoms with Crippen LogP contribution in [-0.2, 0) is 4.79 Å². The van der Waals surface area contributed by atoms with Crippen molar-refractivity contribution >= 4 is 23.5 Å². The Morgan fingerprint density at radius 1 is 1.55 bits per heavy atom. The second-order valence-electron chi connectivity index (χ2n) is 2.08. The number of H-pyrrole nitrogens is 1. The molecule has 1 N–H and O–H groups in total. The molecule has 0 fully saturated rings. The Kier molecular flexibility index (Phi) is 2.48. The van der Waals surface area contributed by atoms with Gasteiger partial charge in [0.1, 0.15) is 0 Å². The Balaban J connectivity index is 2.64. The highest BCUT2D eigenvalue weighted by Gasteiger charge is 2.08. The average Bonchev–Trinajstić information content (AvgIpc) is 2.35. The number of carbonyl (C=O) groups excluding carboxylic acids is 2. The normalized spacial score (nSPS) is 9.55. The Labute approximate surface area is 69.2 Å². The summed E-state index contributed by atoms with van der Waals surface area (Å²) in [5, 5.41) is -0.412. The molecule has 0 aliphatic heterocycles. The summed E-state index contributed by atoms with van der Waals surface area (Å²) in [5.74, 6) is -0.227. The van der Waals surface area contributed by atoms with Gasteiger partial charge in [-0.1, -0.05) is 0 Å². The van der Waals surface area contributed by atoms with Gasteiger partial charge in [-0.05, 0) is 12.1 Å². The number of aromatic nitrogens is 1. The average molecular weight is 169 g/mol. The molecule has 0 unspecified atom stereocenters. The fourth-order valence-electron chi connectivity index (χ4n) is 0.736. The lowest BCUT2D eigenvalue weighted by molar-refractivity contribution is -0.110. The highest BCUT2D eigenvalue weighted by molar-refractivity contribution is 7.96. The molecule has 0 radical (unpaired) electrons. The molecule has 0 aliphatic rings. The number of thiol groups is 1. The van der Waals surface area contributed by atoms with E-state index in [0.717, 1.165) is 0 Å². The van der Waals surface area contributed by atoms with Crippen LogP contribution in [0.15, 0.2) is 18.3 Å². The summed E-state index contributed by atoms with van der Waals surface area (Å²) in [5.41, 5.74) is 0.451. The molecule has 1 aromatic heterocycles. The van der Waals surface area contributed by atoms with Gasteiger partial charge in [-0.3, -0.25) is 9.59 Å². The molecule has 0 spiro atoms. The van der Waals surface area contributed by atoms with Crippen molar-refractivity contribution < 1.29 is 9.59 Å². The highest BCUT2D eigenvalue weighted by atomic mass is 32.1. The molecule has 3 nitrogen and oxygen atoms in total. The van der Waals surface area contributed by atoms with Crippen molar-refractivity contribution in [2.75, 3.05) is 0 Å². The number of nitrogens with one attached hydrogen (secondary N) is 1. The molecular formula is C7H7NO2S. The summed E-state index contributed by atoms with van der Waals surface area (Å²) >= 11 is 3.49. The van der Waals surface area contributed by atoms with E-state index in [2.05, 4.69) is 17.6 Å². The van der Waals surface area contributed by atoms with Crippen molar-refractivity contribution in [2.45, 2.75) is 6.42 Å². The third-order valence-corrected chi connectivity index (χ3v) is 1.37. The molecule has 0 amide bonds. The van der Waals surface area contributed by atoms with Gasteiger partial charge in [0.25, 0.3) is 0 Å². The second kappa shape index (κ2) is 3.39. The van der Waals surface area contributed by atoms with E-state index in [1.54, 1.807) is 18.3 Å². The Morgan fingerprint density at radius 3 is 2.73 bits per heavy atom. The minimum atomic E-state index is -0.412. The van der Waals surface area contributed by atoms with Gasteiger partial charge in [0.15, 0.2) is 10.9 Å². The van der Waals surface area contributed by atoms with Gasteiger partial charge >= 0.3 is 0 Å². The lowest BCUT2D eigenvalue weighted by atomic mass is 10.2. The van der Waals surface area contributed by atoms with Crippen LogP contribution in [0.25, 0.3) is 0 Å². The Morgan fingerprint density at radius 2 is 2.27 bits per heavy atom. The van der Waals surface area contributed by atoms with E-state index in [1.807, 2.05) is 0 Å². The van der Waals surface area contributed by atoms with Gasteiger partial charge in [0, 0.05) is 6.20 Å². The van der Waals surface area contributed by atoms with Gasteiger partial charge in [-0.2, -0.15) is 0 Å². The fraction of sp³-hybridized carbons (Fsp3) is 0.143. The van der Waals surface area contributed by atoms with Crippen LogP contribution in [0, 0.1) is 0 Å². The lowest BCUT2D eigenvalue weighted by Crippen LogP contribution is -2.03. The van der Waals surface area contributed by atoms with Crippen LogP contribution in [0.2, 0.25) is 0 Å². The van der Waals surface area contributed by atoms with Gasteiger partial charge in [-0.25, -0.2) is 0 Å². The summed E-state index contributed by atoms with van der Waals surface area (Å²) in [4.78, 5) is 24.1. The van der Waals surface area contributed by atoms with Crippen molar-refractivity contribution in [1.29, 1.82) is 0 Å². The zero-order valence-electron chi connectivity index (χ0n) is 5.70. The first-order valence-electron chi connectivity index (χ1n) is 3.08. The van der Waals surface area contributed by atoms with E-state index < -0.39 is 5.12 Å². The molecule has 0 aromatic carbocycles. The molecule has 1 heterocycles. The van der Waals surface area contributed by atoms with Crippen LogP contribution in [0.1, 0.15) is 16.9 Å². The van der Waals surface area contributed by atoms with Crippen molar-refractivity contribution in [1.82, 2.24) is 4.98 Å². The zero-order valence-corrected chi connectivity index (χ0v) is 6.60. The van der Waals surface area contributed by atoms with E-state index in [-0.39, 0.29) is 12.2 Å². The molecule has 0 saturated heterocycles. The molecule has 0 atom stereocenters. The Bertz CT molecular complexity index is 266. The zero-order chi connectivity index (χ0) is 8.27. The topological polar surface area (TPSA) is 49.9 Å². The van der Waals surface area contributed by atoms with Crippen LogP contribution in [-0.4, -0.2) is 15.9 Å². The van der Waals surface area contributed by atoms with Gasteiger partial charge in [0.05, 0.1) is 12.1 Å². The van der Waals surface area contributed by atoms with Crippen molar-refractivity contribution in [3.8, 4) is 0 Å². The monoisotopic (exact) mass is 169 g/mol. The van der Waals surface area contributed by atoms with Crippen LogP contribution in [0.4, 0.5) is 0 Å². The van der Waals surface area contributed by atoms with Crippen molar-refractivity contribution in [3.63, 3.8) is 0 Å². The fourth-order valence-corrected chi connectivity index (χ4v) is 0.880. The van der Waals surface area contributed by atoms with Crippen LogP contribution in [0.5, 0.6) is 0 Å². The lowest BCUT2D eigenvalue weighted by Gasteiger charge is -1.91. The number of carbonyl (C=O) groups is 2. The molecular weight excluding hydrogens is 162 g/mol. The number of hydrogen-bond acceptors (Lipinski definition) is 2. The summed E-state index contributed by atoms with van der Waals surface area (Å²) < 4.78 is 0. The number of ketones is 1. The van der Waals surface area contributed by atoms with E-state index in [0.29, 0.717) is 5.69 Å². The smallest absolute Gasteiger partial charge is 0.193 e. The van der Waals surface area contributed by atoms with E-state index in [1.165, 1.54) is 0 Å². The summed E-state index contributed by atoms with van der Waals surface area (Å²) in [6, 6.07) is 3.33. The Hall–Kier alpha value is -1.03. The van der Waals surface area contributed by atoms with E-state index >= 15 is 0 Å². The first-order valence-corrected chi connectivity index (χ1v) is 3.53. The van der Waals surface area contributed by atoms with Crippen LogP contribution < -0.4 is 0 Å². The number of aromatic amines is 1. The van der Waals surface area contributed by atoms with Crippen molar-refractivity contribution in [2.24, 2.45) is 0 Å². The minimum absolute atomic E-state index is 0.149. The van der Waals surface area contributed by atoms with Crippen molar-refractivity contribution in [3.05, 3.63) is 24.0 Å². The molecule has 1 rings (SSSR count). The summed E-state index contributed by atoms with van der Waals surface area (Å²) in [6.45, 7) is 0. The van der Waals surface area contributed by atoms with E-state index in [9.17, 15) is 9.59 Å². The van der Waals surface area contributed by atoms with Gasteiger partial charge in [0.2, 0.25) is 0 Å². The quantitative estimate of drug-likeness (QED) is 0.403. The standard InChI is InChI=1S/C7H7NO2S/c9-6(4-7(10)11)5-2-1-3-8-5/h1-3,8H,4H2,(H,10,11). The maximum Gasteiger partial charge on any atom is 0.193 e. The number of rotatable bonds is 3. The third-order valence-electron chi connectivity index (χ3n) is 1.21. The molecule has 0 saturated carbocycles. The first-order chi connectivity index (χ1) is 5.20.